The van der Waals surface area contributed by atoms with E-state index in [0.29, 0.717) is 5.96 Å². The second-order valence-corrected chi connectivity index (χ2v) is 8.61. The molecule has 1 atom stereocenters. The minimum absolute atomic E-state index is 0.0461. The van der Waals surface area contributed by atoms with E-state index in [9.17, 15) is 4.79 Å². The van der Waals surface area contributed by atoms with Crippen LogP contribution in [-0.4, -0.2) is 23.8 Å². The topological polar surface area (TPSA) is 58.7 Å². The van der Waals surface area contributed by atoms with Crippen molar-refractivity contribution >= 4 is 11.9 Å². The molecule has 1 aliphatic heterocycles. The number of nitrogens with two attached hydrogens (primary N) is 1. The highest BCUT2D eigenvalue weighted by molar-refractivity contribution is 6.07. The molecule has 0 saturated heterocycles. The summed E-state index contributed by atoms with van der Waals surface area (Å²) < 4.78 is 0. The summed E-state index contributed by atoms with van der Waals surface area (Å²) >= 11 is 0. The van der Waals surface area contributed by atoms with Crippen LogP contribution in [0.1, 0.15) is 44.1 Å². The molecule has 1 aromatic carbocycles. The Morgan fingerprint density at radius 3 is 2.04 bits per heavy atom. The van der Waals surface area contributed by atoms with Gasteiger partial charge in [-0.05, 0) is 61.8 Å². The molecule has 6 rings (SSSR count). The Labute approximate surface area is 143 Å². The molecule has 2 N–H and O–H groups in total. The minimum atomic E-state index is -0.802. The first kappa shape index (κ1) is 14.5. The van der Waals surface area contributed by atoms with Crippen LogP contribution in [0.15, 0.2) is 35.3 Å². The van der Waals surface area contributed by atoms with Gasteiger partial charge in [0.1, 0.15) is 0 Å². The maximum Gasteiger partial charge on any atom is 0.262 e. The standard InChI is InChI=1S/C20H25N3O/c1-23-17(24)20(22-18(23)21,16-5-3-2-4-6-16)19-10-13-7-14(11-19)9-15(8-13)12-19/h2-6,13-15H,7-12H2,1H3,(H2,21,22)/t13?,14?,15?,19?,20-/m0/s1. The van der Waals surface area contributed by atoms with E-state index in [4.69, 9.17) is 10.7 Å². The fourth-order valence-electron chi connectivity index (χ4n) is 6.71. The first-order valence-electron chi connectivity index (χ1n) is 9.23. The molecule has 0 aromatic heterocycles. The first-order valence-corrected chi connectivity index (χ1v) is 9.23. The lowest BCUT2D eigenvalue weighted by molar-refractivity contribution is -0.149. The summed E-state index contributed by atoms with van der Waals surface area (Å²) in [4.78, 5) is 20.0. The van der Waals surface area contributed by atoms with E-state index in [-0.39, 0.29) is 11.3 Å². The SMILES string of the molecule is CN1C(=O)[C@@](c2ccccc2)(C23CC4CC(CC(C4)C2)C3)N=C1N. The molecule has 5 aliphatic rings. The molecule has 4 aliphatic carbocycles. The van der Waals surface area contributed by atoms with Gasteiger partial charge in [-0.2, -0.15) is 0 Å². The highest BCUT2D eigenvalue weighted by Gasteiger charge is 2.66. The molecule has 24 heavy (non-hydrogen) atoms. The van der Waals surface area contributed by atoms with Crippen molar-refractivity contribution in [3.63, 3.8) is 0 Å². The molecule has 4 heteroatoms. The van der Waals surface area contributed by atoms with Crippen LogP contribution in [0.5, 0.6) is 0 Å². The Morgan fingerprint density at radius 1 is 1.04 bits per heavy atom. The van der Waals surface area contributed by atoms with Crippen molar-refractivity contribution in [2.24, 2.45) is 33.9 Å². The Kier molecular flexibility index (Phi) is 2.79. The van der Waals surface area contributed by atoms with Gasteiger partial charge in [0.05, 0.1) is 0 Å². The first-order chi connectivity index (χ1) is 11.5. The van der Waals surface area contributed by atoms with Gasteiger partial charge < -0.3 is 5.73 Å². The van der Waals surface area contributed by atoms with Crippen LogP contribution in [0.4, 0.5) is 0 Å². The zero-order valence-electron chi connectivity index (χ0n) is 14.2. The molecule has 0 spiro atoms. The van der Waals surface area contributed by atoms with Crippen LogP contribution in [-0.2, 0) is 10.3 Å². The average Bonchev–Trinajstić information content (AvgIpc) is 2.80. The maximum absolute atomic E-state index is 13.5. The Morgan fingerprint density at radius 2 is 1.58 bits per heavy atom. The zero-order valence-corrected chi connectivity index (χ0v) is 14.2. The maximum atomic E-state index is 13.5. The van der Waals surface area contributed by atoms with Gasteiger partial charge in [0.2, 0.25) is 0 Å². The molecule has 4 nitrogen and oxygen atoms in total. The van der Waals surface area contributed by atoms with Crippen LogP contribution in [0.25, 0.3) is 0 Å². The van der Waals surface area contributed by atoms with Gasteiger partial charge >= 0.3 is 0 Å². The van der Waals surface area contributed by atoms with Gasteiger partial charge in [-0.3, -0.25) is 9.69 Å². The number of amides is 1. The Bertz CT molecular complexity index is 690. The third-order valence-electron chi connectivity index (χ3n) is 7.24. The zero-order chi connectivity index (χ0) is 16.5. The third-order valence-corrected chi connectivity index (χ3v) is 7.24. The molecule has 1 aromatic rings. The van der Waals surface area contributed by atoms with Gasteiger partial charge in [0.15, 0.2) is 11.5 Å². The van der Waals surface area contributed by atoms with Crippen LogP contribution >= 0.6 is 0 Å². The van der Waals surface area contributed by atoms with Gasteiger partial charge in [0.25, 0.3) is 5.91 Å². The molecule has 1 amide bonds. The van der Waals surface area contributed by atoms with Crippen molar-refractivity contribution in [1.82, 2.24) is 4.90 Å². The number of hydrogen-bond donors (Lipinski definition) is 1. The van der Waals surface area contributed by atoms with E-state index in [2.05, 4.69) is 12.1 Å². The molecule has 0 radical (unpaired) electrons. The summed E-state index contributed by atoms with van der Waals surface area (Å²) in [5.41, 5.74) is 6.34. The van der Waals surface area contributed by atoms with Crippen LogP contribution in [0.3, 0.4) is 0 Å². The molecular weight excluding hydrogens is 298 g/mol. The fourth-order valence-corrected chi connectivity index (χ4v) is 6.71. The summed E-state index contributed by atoms with van der Waals surface area (Å²) in [6.07, 6.45) is 7.45. The molecule has 126 valence electrons. The van der Waals surface area contributed by atoms with Crippen molar-refractivity contribution < 1.29 is 4.79 Å². The molecule has 4 bridgehead atoms. The smallest absolute Gasteiger partial charge is 0.262 e. The highest BCUT2D eigenvalue weighted by Crippen LogP contribution is 2.67. The monoisotopic (exact) mass is 323 g/mol. The quantitative estimate of drug-likeness (QED) is 0.910. The van der Waals surface area contributed by atoms with E-state index < -0.39 is 5.54 Å². The fraction of sp³-hybridized carbons (Fsp3) is 0.600. The van der Waals surface area contributed by atoms with Crippen LogP contribution in [0, 0.1) is 23.2 Å². The second kappa shape index (κ2) is 4.62. The van der Waals surface area contributed by atoms with Crippen molar-refractivity contribution in [3.05, 3.63) is 35.9 Å². The van der Waals surface area contributed by atoms with Crippen molar-refractivity contribution in [2.75, 3.05) is 7.05 Å². The summed E-state index contributed by atoms with van der Waals surface area (Å²) in [5, 5.41) is 0. The van der Waals surface area contributed by atoms with Crippen molar-refractivity contribution in [1.29, 1.82) is 0 Å². The second-order valence-electron chi connectivity index (χ2n) is 8.61. The van der Waals surface area contributed by atoms with E-state index in [1.165, 1.54) is 19.3 Å². The molecule has 0 unspecified atom stereocenters. The number of rotatable bonds is 2. The largest absolute Gasteiger partial charge is 0.369 e. The average molecular weight is 323 g/mol. The third kappa shape index (κ3) is 1.64. The van der Waals surface area contributed by atoms with E-state index >= 15 is 0 Å². The number of nitrogens with zero attached hydrogens (tertiary/aromatic N) is 2. The Balaban J connectivity index is 1.73. The lowest BCUT2D eigenvalue weighted by Crippen LogP contribution is -2.59. The normalized spacial score (nSPS) is 43.4. The molecule has 4 saturated carbocycles. The summed E-state index contributed by atoms with van der Waals surface area (Å²) in [6, 6.07) is 10.2. The lowest BCUT2D eigenvalue weighted by Gasteiger charge is -2.61. The summed E-state index contributed by atoms with van der Waals surface area (Å²) in [5.74, 6) is 2.76. The number of aliphatic imine (C=N–C) groups is 1. The van der Waals surface area contributed by atoms with Crippen molar-refractivity contribution in [3.8, 4) is 0 Å². The highest BCUT2D eigenvalue weighted by atomic mass is 16.2. The number of benzene rings is 1. The predicted octanol–water partition coefficient (Wildman–Crippen LogP) is 2.89. The lowest BCUT2D eigenvalue weighted by atomic mass is 9.43. The number of likely N-dealkylation sites (N-methyl/N-ethyl adjacent to an activating group) is 1. The predicted molar refractivity (Wildman–Crippen MR) is 93.1 cm³/mol. The van der Waals surface area contributed by atoms with Crippen LogP contribution < -0.4 is 5.73 Å². The summed E-state index contributed by atoms with van der Waals surface area (Å²) in [7, 11) is 1.77. The minimum Gasteiger partial charge on any atom is -0.369 e. The van der Waals surface area contributed by atoms with Crippen LogP contribution in [0.2, 0.25) is 0 Å². The van der Waals surface area contributed by atoms with Gasteiger partial charge in [-0.15, -0.1) is 0 Å². The number of carbonyl (C=O) groups excluding carboxylic acids is 1. The summed E-state index contributed by atoms with van der Waals surface area (Å²) in [6.45, 7) is 0. The molecule has 4 fully saturated rings. The Hall–Kier alpha value is -1.84. The molecular formula is C20H25N3O. The van der Waals surface area contributed by atoms with E-state index in [1.54, 1.807) is 11.9 Å². The van der Waals surface area contributed by atoms with Gasteiger partial charge in [-0.25, -0.2) is 4.99 Å². The van der Waals surface area contributed by atoms with Crippen molar-refractivity contribution in [2.45, 2.75) is 44.1 Å². The van der Waals surface area contributed by atoms with E-state index in [1.807, 2.05) is 18.2 Å². The number of carbonyl (C=O) groups is 1. The van der Waals surface area contributed by atoms with Gasteiger partial charge in [0, 0.05) is 12.5 Å². The van der Waals surface area contributed by atoms with Gasteiger partial charge in [-0.1, -0.05) is 30.3 Å². The number of guanidine groups is 1. The van der Waals surface area contributed by atoms with E-state index in [0.717, 1.165) is 42.6 Å². The molecule has 1 heterocycles. The number of hydrogen-bond acceptors (Lipinski definition) is 3.